The van der Waals surface area contributed by atoms with Gasteiger partial charge in [-0.2, -0.15) is 0 Å². The van der Waals surface area contributed by atoms with Crippen molar-refractivity contribution in [2.75, 3.05) is 0 Å². The molecule has 0 aliphatic heterocycles. The maximum Gasteiger partial charge on any atom is 0.0305 e. The molecule has 32 valence electrons. The van der Waals surface area contributed by atoms with Gasteiger partial charge in [0.2, 0.25) is 0 Å². The third kappa shape index (κ3) is 4.29. The van der Waals surface area contributed by atoms with Crippen LogP contribution in [0.3, 0.4) is 0 Å². The fourth-order valence-electron chi connectivity index (χ4n) is 0. The highest BCUT2D eigenvalue weighted by atomic mass is 35.5. The minimum Gasteiger partial charge on any atom is -0.123 e. The van der Waals surface area contributed by atoms with Gasteiger partial charge in [-0.05, 0) is 13.3 Å². The van der Waals surface area contributed by atoms with Crippen LogP contribution in [-0.4, -0.2) is 5.38 Å². The van der Waals surface area contributed by atoms with Crippen LogP contribution in [0.25, 0.3) is 0 Å². The van der Waals surface area contributed by atoms with Gasteiger partial charge in [0.25, 0.3) is 0 Å². The average Bonchev–Trinajstić information content (AvgIpc) is 1.65. The summed E-state index contributed by atoms with van der Waals surface area (Å²) in [7, 11) is 0. The quantitative estimate of drug-likeness (QED) is 0.435. The van der Waals surface area contributed by atoms with Crippen molar-refractivity contribution >= 4 is 11.6 Å². The van der Waals surface area contributed by atoms with E-state index in [-0.39, 0.29) is 5.38 Å². The van der Waals surface area contributed by atoms with E-state index in [4.69, 9.17) is 13.0 Å². The molecular formula is C4H9Cl. The van der Waals surface area contributed by atoms with Crippen molar-refractivity contribution in [3.63, 3.8) is 0 Å². The van der Waals surface area contributed by atoms with Crippen molar-refractivity contribution in [3.8, 4) is 0 Å². The molecule has 0 bridgehead atoms. The van der Waals surface area contributed by atoms with Crippen LogP contribution in [0, 0.1) is 0 Å². The Morgan fingerprint density at radius 1 is 2.20 bits per heavy atom. The lowest BCUT2D eigenvalue weighted by Gasteiger charge is -1.87. The van der Waals surface area contributed by atoms with Gasteiger partial charge in [-0.1, -0.05) is 6.92 Å². The molecule has 5 heavy (non-hydrogen) atoms. The Balaban J connectivity index is 2.75. The highest BCUT2D eigenvalue weighted by Gasteiger charge is 1.83. The largest absolute Gasteiger partial charge is 0.123 e. The lowest BCUT2D eigenvalue weighted by atomic mass is 10.4. The average molecular weight is 93.6 g/mol. The fourth-order valence-corrected chi connectivity index (χ4v) is 0. The van der Waals surface area contributed by atoms with Gasteiger partial charge >= 0.3 is 0 Å². The minimum atomic E-state index is 0.0741. The summed E-state index contributed by atoms with van der Waals surface area (Å²) in [5.74, 6) is 0. The first kappa shape index (κ1) is 3.48. The maximum atomic E-state index is 6.68. The fraction of sp³-hybridized carbons (Fsp3) is 1.00. The van der Waals surface area contributed by atoms with Crippen molar-refractivity contribution in [2.24, 2.45) is 0 Å². The van der Waals surface area contributed by atoms with Crippen LogP contribution in [0.2, 0.25) is 0 Å². The summed E-state index contributed by atoms with van der Waals surface area (Å²) in [6, 6.07) is 0. The second-order valence-electron chi connectivity index (χ2n) is 1.01. The first-order valence-corrected chi connectivity index (χ1v) is 2.18. The third-order valence-corrected chi connectivity index (χ3v) is 0.752. The lowest BCUT2D eigenvalue weighted by molar-refractivity contribution is 0.895. The van der Waals surface area contributed by atoms with Crippen LogP contribution in [0.5, 0.6) is 0 Å². The van der Waals surface area contributed by atoms with Crippen LogP contribution in [0.1, 0.15) is 21.6 Å². The second-order valence-corrected chi connectivity index (χ2v) is 1.62. The Hall–Kier alpha value is 0.290. The molecule has 0 fully saturated rings. The summed E-state index contributed by atoms with van der Waals surface area (Å²) < 4.78 is 6.68. The molecule has 0 heterocycles. The van der Waals surface area contributed by atoms with Crippen LogP contribution in [0.15, 0.2) is 0 Å². The molecule has 0 saturated carbocycles. The van der Waals surface area contributed by atoms with Gasteiger partial charge < -0.3 is 0 Å². The molecule has 0 N–H and O–H groups in total. The molecule has 0 aromatic rings. The molecular weight excluding hydrogens is 83.5 g/mol. The Morgan fingerprint density at radius 3 is 2.80 bits per heavy atom. The van der Waals surface area contributed by atoms with Gasteiger partial charge in [-0.25, -0.2) is 0 Å². The molecule has 0 saturated heterocycles. The van der Waals surface area contributed by atoms with E-state index < -0.39 is 0 Å². The third-order valence-electron chi connectivity index (χ3n) is 0.443. The number of alkyl halides is 1. The summed E-state index contributed by atoms with van der Waals surface area (Å²) in [4.78, 5) is 0. The number of halogens is 1. The summed E-state index contributed by atoms with van der Waals surface area (Å²) in [6.45, 7) is 2.32. The van der Waals surface area contributed by atoms with Gasteiger partial charge in [0, 0.05) is 6.75 Å². The van der Waals surface area contributed by atoms with E-state index in [1.54, 1.807) is 0 Å². The van der Waals surface area contributed by atoms with Gasteiger partial charge in [-0.3, -0.25) is 0 Å². The normalized spacial score (nSPS) is 17.6. The summed E-state index contributed by atoms with van der Waals surface area (Å²) in [6.07, 6.45) is 0.908. The summed E-state index contributed by atoms with van der Waals surface area (Å²) in [5.41, 5.74) is 0. The predicted molar refractivity (Wildman–Crippen MR) is 25.6 cm³/mol. The molecule has 1 heteroatoms. The Bertz CT molecular complexity index is 26.7. The van der Waals surface area contributed by atoms with E-state index in [0.29, 0.717) is 6.90 Å². The van der Waals surface area contributed by atoms with Gasteiger partial charge in [0.05, 0.1) is 0 Å². The van der Waals surface area contributed by atoms with Crippen LogP contribution >= 0.6 is 11.6 Å². The summed E-state index contributed by atoms with van der Waals surface area (Å²) >= 11 is 5.46. The zero-order chi connectivity index (χ0) is 4.99. The standard InChI is InChI=1S/C4H9Cl/c1-3-4(2)5/h4H,3H2,1-2H3/i2D. The zero-order valence-electron chi connectivity index (χ0n) is 4.37. The van der Waals surface area contributed by atoms with Crippen molar-refractivity contribution in [2.45, 2.75) is 25.6 Å². The van der Waals surface area contributed by atoms with Gasteiger partial charge in [0.1, 0.15) is 0 Å². The Labute approximate surface area is 39.5 Å². The van der Waals surface area contributed by atoms with Crippen LogP contribution < -0.4 is 0 Å². The number of hydrogen-bond donors (Lipinski definition) is 0. The van der Waals surface area contributed by atoms with E-state index in [9.17, 15) is 0 Å². The predicted octanol–water partition coefficient (Wildman–Crippen LogP) is 2.02. The van der Waals surface area contributed by atoms with E-state index >= 15 is 0 Å². The Kier molecular flexibility index (Phi) is 1.76. The number of rotatable bonds is 1. The summed E-state index contributed by atoms with van der Waals surface area (Å²) in [5, 5.41) is 0.0741. The first-order valence-electron chi connectivity index (χ1n) is 2.45. The molecule has 0 nitrogen and oxygen atoms in total. The van der Waals surface area contributed by atoms with E-state index in [0.717, 1.165) is 6.42 Å². The zero-order valence-corrected chi connectivity index (χ0v) is 4.13. The van der Waals surface area contributed by atoms with Crippen LogP contribution in [0.4, 0.5) is 0 Å². The molecule has 0 aromatic carbocycles. The molecule has 1 unspecified atom stereocenters. The Morgan fingerprint density at radius 2 is 2.80 bits per heavy atom. The van der Waals surface area contributed by atoms with E-state index in [2.05, 4.69) is 0 Å². The van der Waals surface area contributed by atoms with Crippen molar-refractivity contribution in [3.05, 3.63) is 0 Å². The van der Waals surface area contributed by atoms with Gasteiger partial charge in [0.15, 0.2) is 0 Å². The van der Waals surface area contributed by atoms with Crippen molar-refractivity contribution < 1.29 is 1.37 Å². The lowest BCUT2D eigenvalue weighted by Crippen LogP contribution is -1.81. The molecule has 0 radical (unpaired) electrons. The molecule has 0 aliphatic carbocycles. The van der Waals surface area contributed by atoms with Crippen molar-refractivity contribution in [1.29, 1.82) is 0 Å². The molecule has 0 spiro atoms. The molecule has 1 atom stereocenters. The molecule has 0 rings (SSSR count). The SMILES string of the molecule is [2H]CC(Cl)CC. The van der Waals surface area contributed by atoms with Crippen LogP contribution in [-0.2, 0) is 0 Å². The van der Waals surface area contributed by atoms with E-state index in [1.807, 2.05) is 6.92 Å². The molecule has 0 amide bonds. The maximum absolute atomic E-state index is 6.68. The number of hydrogen-bond acceptors (Lipinski definition) is 0. The van der Waals surface area contributed by atoms with Gasteiger partial charge in [-0.15, -0.1) is 11.6 Å². The first-order chi connectivity index (χ1) is 2.81. The molecule has 0 aliphatic rings. The van der Waals surface area contributed by atoms with Crippen molar-refractivity contribution in [1.82, 2.24) is 0 Å². The monoisotopic (exact) mass is 93.0 g/mol. The molecule has 0 aromatic heterocycles. The highest BCUT2D eigenvalue weighted by Crippen LogP contribution is 1.95. The minimum absolute atomic E-state index is 0.0741. The second kappa shape index (κ2) is 2.52. The highest BCUT2D eigenvalue weighted by molar-refractivity contribution is 6.20. The van der Waals surface area contributed by atoms with E-state index in [1.165, 1.54) is 0 Å². The smallest absolute Gasteiger partial charge is 0.0305 e. The topological polar surface area (TPSA) is 0 Å².